The number of H-pyrrole nitrogens is 1. The minimum atomic E-state index is -1.27. The Balaban J connectivity index is 1.77. The first kappa shape index (κ1) is 24.8. The van der Waals surface area contributed by atoms with Crippen molar-refractivity contribution in [3.05, 3.63) is 44.8 Å². The normalized spacial score (nSPS) is 18.2. The van der Waals surface area contributed by atoms with Crippen LogP contribution in [0.15, 0.2) is 12.3 Å². The molecule has 1 aliphatic heterocycles. The lowest BCUT2D eigenvalue weighted by Gasteiger charge is -2.38. The fourth-order valence-corrected chi connectivity index (χ4v) is 4.08. The molecule has 2 aromatic rings. The molecule has 0 radical (unpaired) electrons. The molecule has 1 saturated heterocycles. The number of amides is 1. The minimum absolute atomic E-state index is 0.0765. The van der Waals surface area contributed by atoms with Crippen LogP contribution < -0.4 is 10.2 Å². The maximum Gasteiger partial charge on any atom is 0.339 e. The minimum Gasteiger partial charge on any atom is -0.478 e. The summed E-state index contributed by atoms with van der Waals surface area (Å²) in [4.78, 5) is 45.4. The van der Waals surface area contributed by atoms with Crippen LogP contribution in [0, 0.1) is 6.92 Å². The van der Waals surface area contributed by atoms with Gasteiger partial charge in [0.2, 0.25) is 0 Å². The third kappa shape index (κ3) is 5.23. The number of aromatic amines is 1. The Morgan fingerprint density at radius 2 is 2.03 bits per heavy atom. The van der Waals surface area contributed by atoms with Gasteiger partial charge in [-0.15, -0.1) is 0 Å². The first-order valence-electron chi connectivity index (χ1n) is 10.2. The van der Waals surface area contributed by atoms with Crippen molar-refractivity contribution in [3.8, 4) is 0 Å². The molecule has 0 aromatic carbocycles. The van der Waals surface area contributed by atoms with Crippen molar-refractivity contribution < 1.29 is 29.0 Å². The van der Waals surface area contributed by atoms with E-state index in [9.17, 15) is 19.5 Å². The molecule has 0 saturated carbocycles. The molecule has 33 heavy (non-hydrogen) atoms. The Kier molecular flexibility index (Phi) is 7.83. The van der Waals surface area contributed by atoms with Gasteiger partial charge in [0, 0.05) is 32.1 Å². The van der Waals surface area contributed by atoms with Crippen LogP contribution in [-0.2, 0) is 9.47 Å². The molecule has 1 aliphatic rings. The summed E-state index contributed by atoms with van der Waals surface area (Å²) in [5, 5.41) is 12.8. The lowest BCUT2D eigenvalue weighted by Crippen LogP contribution is -2.55. The Labute approximate surface area is 200 Å². The highest BCUT2D eigenvalue weighted by Crippen LogP contribution is 2.29. The van der Waals surface area contributed by atoms with Crippen LogP contribution in [0.25, 0.3) is 0 Å². The molecule has 1 fully saturated rings. The number of carboxylic acid groups (broad SMARTS) is 1. The molecule has 3 heterocycles. The van der Waals surface area contributed by atoms with Gasteiger partial charge in [0.05, 0.1) is 39.9 Å². The molecule has 178 valence electrons. The van der Waals surface area contributed by atoms with Gasteiger partial charge in [0.15, 0.2) is 0 Å². The number of halogens is 2. The SMILES string of the molecule is CCOC(=O)c1cc(N2CC[C@H](NC(=O)c3[nH]c(C)c(Cl)c3Cl)[C@H](OC)C2)ncc1C(=O)O. The van der Waals surface area contributed by atoms with Gasteiger partial charge in [-0.25, -0.2) is 14.6 Å². The number of carbonyl (C=O) groups is 3. The summed E-state index contributed by atoms with van der Waals surface area (Å²) in [6.45, 7) is 4.29. The molecule has 0 bridgehead atoms. The standard InChI is InChI=1S/C21H24Cl2N4O6/c1-4-33-21(31)11-7-15(24-8-12(11)20(29)30)27-6-5-13(14(9-27)32-3)26-19(28)18-17(23)16(22)10(2)25-18/h7-8,13-14,25H,4-6,9H2,1-3H3,(H,26,28)(H,29,30)/t13-,14+/m0/s1. The number of carboxylic acids is 1. The Hall–Kier alpha value is -2.82. The van der Waals surface area contributed by atoms with E-state index >= 15 is 0 Å². The average Bonchev–Trinajstić information content (AvgIpc) is 3.06. The van der Waals surface area contributed by atoms with Crippen molar-refractivity contribution in [1.29, 1.82) is 0 Å². The van der Waals surface area contributed by atoms with Gasteiger partial charge in [-0.05, 0) is 26.3 Å². The smallest absolute Gasteiger partial charge is 0.339 e. The quantitative estimate of drug-likeness (QED) is 0.496. The summed E-state index contributed by atoms with van der Waals surface area (Å²) in [6, 6.07) is 1.08. The number of nitrogens with one attached hydrogen (secondary N) is 2. The van der Waals surface area contributed by atoms with Crippen molar-refractivity contribution in [1.82, 2.24) is 15.3 Å². The van der Waals surface area contributed by atoms with E-state index in [0.29, 0.717) is 36.0 Å². The number of nitrogens with zero attached hydrogens (tertiary/aromatic N) is 2. The van der Waals surface area contributed by atoms with Gasteiger partial charge in [-0.3, -0.25) is 4.79 Å². The molecule has 10 nitrogen and oxygen atoms in total. The summed E-state index contributed by atoms with van der Waals surface area (Å²) in [7, 11) is 1.53. The Morgan fingerprint density at radius 1 is 1.30 bits per heavy atom. The van der Waals surface area contributed by atoms with E-state index in [2.05, 4.69) is 15.3 Å². The highest BCUT2D eigenvalue weighted by molar-refractivity contribution is 6.44. The van der Waals surface area contributed by atoms with E-state index < -0.39 is 23.9 Å². The van der Waals surface area contributed by atoms with E-state index in [1.807, 2.05) is 4.90 Å². The number of hydrogen-bond acceptors (Lipinski definition) is 7. The number of carbonyl (C=O) groups excluding carboxylic acids is 2. The topological polar surface area (TPSA) is 134 Å². The molecule has 0 unspecified atom stereocenters. The zero-order chi connectivity index (χ0) is 24.3. The molecule has 1 amide bonds. The van der Waals surface area contributed by atoms with Gasteiger partial charge in [0.1, 0.15) is 11.5 Å². The van der Waals surface area contributed by atoms with E-state index in [4.69, 9.17) is 32.7 Å². The van der Waals surface area contributed by atoms with Crippen LogP contribution in [0.4, 0.5) is 5.82 Å². The van der Waals surface area contributed by atoms with E-state index in [1.165, 1.54) is 13.2 Å². The second-order valence-corrected chi connectivity index (χ2v) is 8.21. The largest absolute Gasteiger partial charge is 0.478 e. The van der Waals surface area contributed by atoms with E-state index in [0.717, 1.165) is 6.20 Å². The van der Waals surface area contributed by atoms with Crippen molar-refractivity contribution in [2.24, 2.45) is 0 Å². The lowest BCUT2D eigenvalue weighted by molar-refractivity contribution is 0.0512. The number of aryl methyl sites for hydroxylation is 1. The van der Waals surface area contributed by atoms with Crippen molar-refractivity contribution in [3.63, 3.8) is 0 Å². The predicted molar refractivity (Wildman–Crippen MR) is 122 cm³/mol. The van der Waals surface area contributed by atoms with Crippen LogP contribution in [0.3, 0.4) is 0 Å². The van der Waals surface area contributed by atoms with E-state index in [-0.39, 0.29) is 34.5 Å². The fourth-order valence-electron chi connectivity index (χ4n) is 3.66. The second-order valence-electron chi connectivity index (χ2n) is 7.46. The zero-order valence-corrected chi connectivity index (χ0v) is 19.8. The first-order chi connectivity index (χ1) is 15.7. The number of hydrogen-bond donors (Lipinski definition) is 3. The average molecular weight is 499 g/mol. The first-order valence-corrected chi connectivity index (χ1v) is 11.0. The van der Waals surface area contributed by atoms with Gasteiger partial charge < -0.3 is 29.8 Å². The highest BCUT2D eigenvalue weighted by Gasteiger charge is 2.33. The highest BCUT2D eigenvalue weighted by atomic mass is 35.5. The number of piperidine rings is 1. The third-order valence-electron chi connectivity index (χ3n) is 5.40. The fraction of sp³-hybridized carbons (Fsp3) is 0.429. The van der Waals surface area contributed by atoms with Crippen molar-refractivity contribution in [2.75, 3.05) is 31.7 Å². The number of ether oxygens (including phenoxy) is 2. The van der Waals surface area contributed by atoms with Crippen molar-refractivity contribution in [2.45, 2.75) is 32.4 Å². The Bertz CT molecular complexity index is 1070. The molecule has 3 N–H and O–H groups in total. The summed E-state index contributed by atoms with van der Waals surface area (Å²) in [5.74, 6) is -2.00. The predicted octanol–water partition coefficient (Wildman–Crippen LogP) is 2.92. The second kappa shape index (κ2) is 10.4. The lowest BCUT2D eigenvalue weighted by atomic mass is 10.0. The maximum absolute atomic E-state index is 12.7. The molecule has 0 aliphatic carbocycles. The molecule has 0 spiro atoms. The summed E-state index contributed by atoms with van der Waals surface area (Å²) in [5.41, 5.74) is 0.464. The van der Waals surface area contributed by atoms with Crippen molar-refractivity contribution >= 4 is 46.9 Å². The molecular formula is C21H24Cl2N4O6. The summed E-state index contributed by atoms with van der Waals surface area (Å²) >= 11 is 12.2. The molecule has 2 aromatic heterocycles. The number of aromatic carboxylic acids is 1. The van der Waals surface area contributed by atoms with E-state index in [1.54, 1.807) is 13.8 Å². The van der Waals surface area contributed by atoms with Crippen LogP contribution in [-0.4, -0.2) is 71.9 Å². The monoisotopic (exact) mass is 498 g/mol. The Morgan fingerprint density at radius 3 is 2.61 bits per heavy atom. The number of aromatic nitrogens is 2. The van der Waals surface area contributed by atoms with Gasteiger partial charge >= 0.3 is 11.9 Å². The van der Waals surface area contributed by atoms with Crippen LogP contribution in [0.2, 0.25) is 10.0 Å². The zero-order valence-electron chi connectivity index (χ0n) is 18.3. The van der Waals surface area contributed by atoms with Crippen LogP contribution >= 0.6 is 23.2 Å². The summed E-state index contributed by atoms with van der Waals surface area (Å²) < 4.78 is 10.6. The van der Waals surface area contributed by atoms with Crippen LogP contribution in [0.5, 0.6) is 0 Å². The number of anilines is 1. The molecular weight excluding hydrogens is 475 g/mol. The van der Waals surface area contributed by atoms with Gasteiger partial charge in [0.25, 0.3) is 5.91 Å². The third-order valence-corrected chi connectivity index (χ3v) is 6.35. The number of pyridine rings is 1. The maximum atomic E-state index is 12.7. The van der Waals surface area contributed by atoms with Gasteiger partial charge in [-0.1, -0.05) is 23.2 Å². The number of methoxy groups -OCH3 is 1. The molecule has 12 heteroatoms. The summed E-state index contributed by atoms with van der Waals surface area (Å²) in [6.07, 6.45) is 1.24. The van der Waals surface area contributed by atoms with Crippen LogP contribution in [0.1, 0.15) is 50.2 Å². The number of rotatable bonds is 7. The molecule has 3 rings (SSSR count). The molecule has 2 atom stereocenters. The van der Waals surface area contributed by atoms with Gasteiger partial charge in [-0.2, -0.15) is 0 Å². The number of esters is 1.